The zero-order chi connectivity index (χ0) is 18.3. The summed E-state index contributed by atoms with van der Waals surface area (Å²) in [5.74, 6) is 1.50. The number of benzene rings is 2. The van der Waals surface area contributed by atoms with Gasteiger partial charge in [0.05, 0.1) is 13.2 Å². The molecule has 0 aliphatic carbocycles. The molecule has 0 atom stereocenters. The Hall–Kier alpha value is -2.04. The lowest BCUT2D eigenvalue weighted by Crippen LogP contribution is -2.42. The second-order valence-electron chi connectivity index (χ2n) is 6.85. The van der Waals surface area contributed by atoms with Crippen LogP contribution < -0.4 is 14.8 Å². The number of hydrogen-bond donors (Lipinski definition) is 2. The zero-order valence-corrected chi connectivity index (χ0v) is 15.6. The van der Waals surface area contributed by atoms with Gasteiger partial charge in [-0.05, 0) is 39.3 Å². The lowest BCUT2D eigenvalue weighted by molar-refractivity contribution is 0.186. The molecule has 2 N–H and O–H groups in total. The molecular weight excluding hydrogens is 314 g/mol. The van der Waals surface area contributed by atoms with E-state index in [1.54, 1.807) is 0 Å². The van der Waals surface area contributed by atoms with Crippen LogP contribution in [0.15, 0.2) is 42.5 Å². The molecule has 0 aromatic heterocycles. The van der Waals surface area contributed by atoms with Crippen molar-refractivity contribution in [3.8, 4) is 11.5 Å². The average molecular weight is 343 g/mol. The van der Waals surface area contributed by atoms with E-state index in [0.29, 0.717) is 19.8 Å². The minimum absolute atomic E-state index is 0.0672. The molecule has 0 amide bonds. The van der Waals surface area contributed by atoms with E-state index in [-0.39, 0.29) is 12.1 Å². The first-order valence-corrected chi connectivity index (χ1v) is 8.74. The average Bonchev–Trinajstić information content (AvgIpc) is 2.61. The van der Waals surface area contributed by atoms with Gasteiger partial charge in [-0.2, -0.15) is 0 Å². The molecule has 0 heterocycles. The molecule has 2 aromatic rings. The van der Waals surface area contributed by atoms with E-state index in [1.807, 2.05) is 39.0 Å². The van der Waals surface area contributed by atoms with Crippen molar-refractivity contribution in [2.24, 2.45) is 0 Å². The number of nitrogens with one attached hydrogen (secondary N) is 1. The van der Waals surface area contributed by atoms with Crippen LogP contribution in [-0.2, 0) is 13.2 Å². The molecule has 25 heavy (non-hydrogen) atoms. The van der Waals surface area contributed by atoms with Crippen LogP contribution in [-0.4, -0.2) is 23.9 Å². The Balaban J connectivity index is 2.18. The largest absolute Gasteiger partial charge is 0.490 e. The van der Waals surface area contributed by atoms with Crippen molar-refractivity contribution in [2.75, 3.05) is 13.2 Å². The quantitative estimate of drug-likeness (QED) is 0.726. The SMILES string of the molecule is CCOc1cccc(CNC(C)(C)CO)c1OCc1ccc(C)cc1. The van der Waals surface area contributed by atoms with Crippen molar-refractivity contribution in [3.63, 3.8) is 0 Å². The van der Waals surface area contributed by atoms with Crippen LogP contribution in [0.3, 0.4) is 0 Å². The molecule has 0 aliphatic heterocycles. The van der Waals surface area contributed by atoms with Gasteiger partial charge in [-0.25, -0.2) is 0 Å². The maximum atomic E-state index is 9.44. The fraction of sp³-hybridized carbons (Fsp3) is 0.429. The van der Waals surface area contributed by atoms with E-state index >= 15 is 0 Å². The summed E-state index contributed by atoms with van der Waals surface area (Å²) < 4.78 is 11.9. The van der Waals surface area contributed by atoms with Gasteiger partial charge in [-0.1, -0.05) is 42.0 Å². The molecule has 0 fully saturated rings. The molecule has 2 aromatic carbocycles. The van der Waals surface area contributed by atoms with Crippen molar-refractivity contribution in [2.45, 2.75) is 46.4 Å². The minimum atomic E-state index is -0.351. The summed E-state index contributed by atoms with van der Waals surface area (Å²) in [6, 6.07) is 14.2. The summed E-state index contributed by atoms with van der Waals surface area (Å²) in [6.07, 6.45) is 0. The molecule has 0 unspecified atom stereocenters. The summed E-state index contributed by atoms with van der Waals surface area (Å²) >= 11 is 0. The van der Waals surface area contributed by atoms with Gasteiger partial charge in [0.25, 0.3) is 0 Å². The van der Waals surface area contributed by atoms with Crippen molar-refractivity contribution in [1.82, 2.24) is 5.32 Å². The third-order valence-electron chi connectivity index (χ3n) is 4.02. The second kappa shape index (κ2) is 8.88. The highest BCUT2D eigenvalue weighted by Gasteiger charge is 2.18. The van der Waals surface area contributed by atoms with Crippen molar-refractivity contribution < 1.29 is 14.6 Å². The monoisotopic (exact) mass is 343 g/mol. The van der Waals surface area contributed by atoms with Crippen LogP contribution in [0.1, 0.15) is 37.5 Å². The van der Waals surface area contributed by atoms with Gasteiger partial charge in [-0.15, -0.1) is 0 Å². The van der Waals surface area contributed by atoms with Crippen LogP contribution in [0.2, 0.25) is 0 Å². The highest BCUT2D eigenvalue weighted by atomic mass is 16.5. The van der Waals surface area contributed by atoms with Gasteiger partial charge < -0.3 is 19.9 Å². The number of aliphatic hydroxyl groups excluding tert-OH is 1. The maximum absolute atomic E-state index is 9.44. The van der Waals surface area contributed by atoms with E-state index in [2.05, 4.69) is 36.5 Å². The normalized spacial score (nSPS) is 11.4. The third-order valence-corrected chi connectivity index (χ3v) is 4.02. The molecular formula is C21H29NO3. The third kappa shape index (κ3) is 5.76. The van der Waals surface area contributed by atoms with Gasteiger partial charge in [0.15, 0.2) is 11.5 Å². The molecule has 4 heteroatoms. The van der Waals surface area contributed by atoms with Crippen molar-refractivity contribution in [3.05, 3.63) is 59.2 Å². The van der Waals surface area contributed by atoms with Crippen LogP contribution in [0.4, 0.5) is 0 Å². The van der Waals surface area contributed by atoms with Gasteiger partial charge in [0, 0.05) is 17.6 Å². The zero-order valence-electron chi connectivity index (χ0n) is 15.6. The van der Waals surface area contributed by atoms with Crippen LogP contribution >= 0.6 is 0 Å². The molecule has 0 bridgehead atoms. The summed E-state index contributed by atoms with van der Waals surface area (Å²) in [5.41, 5.74) is 3.01. The number of aryl methyl sites for hydroxylation is 1. The van der Waals surface area contributed by atoms with Crippen LogP contribution in [0, 0.1) is 6.92 Å². The summed E-state index contributed by atoms with van der Waals surface area (Å²) in [7, 11) is 0. The fourth-order valence-corrected chi connectivity index (χ4v) is 2.36. The lowest BCUT2D eigenvalue weighted by Gasteiger charge is -2.25. The molecule has 0 saturated carbocycles. The first-order valence-electron chi connectivity index (χ1n) is 8.74. The number of rotatable bonds is 9. The first-order chi connectivity index (χ1) is 11.9. The lowest BCUT2D eigenvalue weighted by atomic mass is 10.1. The highest BCUT2D eigenvalue weighted by molar-refractivity contribution is 5.47. The standard InChI is InChI=1S/C21H29NO3/c1-5-24-19-8-6-7-18(13-22-21(3,4)15-23)20(19)25-14-17-11-9-16(2)10-12-17/h6-12,22-23H,5,13-15H2,1-4H3. The van der Waals surface area contributed by atoms with Crippen molar-refractivity contribution >= 4 is 0 Å². The molecule has 0 aliphatic rings. The fourth-order valence-electron chi connectivity index (χ4n) is 2.36. The maximum Gasteiger partial charge on any atom is 0.166 e. The van der Waals surface area contributed by atoms with E-state index in [0.717, 1.165) is 22.6 Å². The van der Waals surface area contributed by atoms with Gasteiger partial charge >= 0.3 is 0 Å². The smallest absolute Gasteiger partial charge is 0.166 e. The Morgan fingerprint density at radius 2 is 1.76 bits per heavy atom. The molecule has 4 nitrogen and oxygen atoms in total. The molecule has 0 radical (unpaired) electrons. The van der Waals surface area contributed by atoms with Crippen LogP contribution in [0.5, 0.6) is 11.5 Å². The number of hydrogen-bond acceptors (Lipinski definition) is 4. The van der Waals surface area contributed by atoms with Gasteiger partial charge in [0.2, 0.25) is 0 Å². The first kappa shape index (κ1) is 19.3. The molecule has 2 rings (SSSR count). The molecule has 0 spiro atoms. The number of aliphatic hydroxyl groups is 1. The topological polar surface area (TPSA) is 50.7 Å². The second-order valence-corrected chi connectivity index (χ2v) is 6.85. The predicted molar refractivity (Wildman–Crippen MR) is 101 cm³/mol. The van der Waals surface area contributed by atoms with Gasteiger partial charge in [0.1, 0.15) is 6.61 Å². The minimum Gasteiger partial charge on any atom is -0.490 e. The summed E-state index contributed by atoms with van der Waals surface area (Å²) in [4.78, 5) is 0. The van der Waals surface area contributed by atoms with Crippen LogP contribution in [0.25, 0.3) is 0 Å². The Bertz CT molecular complexity index is 665. The van der Waals surface area contributed by atoms with E-state index in [9.17, 15) is 5.11 Å². The predicted octanol–water partition coefficient (Wildman–Crippen LogP) is 3.83. The van der Waals surface area contributed by atoms with E-state index in [4.69, 9.17) is 9.47 Å². The molecule has 0 saturated heterocycles. The van der Waals surface area contributed by atoms with E-state index in [1.165, 1.54) is 5.56 Å². The summed E-state index contributed by atoms with van der Waals surface area (Å²) in [5, 5.41) is 12.8. The van der Waals surface area contributed by atoms with Gasteiger partial charge in [-0.3, -0.25) is 0 Å². The Labute approximate surface area is 150 Å². The Morgan fingerprint density at radius 1 is 1.04 bits per heavy atom. The molecule has 136 valence electrons. The summed E-state index contributed by atoms with van der Waals surface area (Å²) in [6.45, 7) is 9.69. The number of ether oxygens (including phenoxy) is 2. The highest BCUT2D eigenvalue weighted by Crippen LogP contribution is 2.32. The van der Waals surface area contributed by atoms with E-state index < -0.39 is 0 Å². The number of para-hydroxylation sites is 1. The van der Waals surface area contributed by atoms with Crippen molar-refractivity contribution in [1.29, 1.82) is 0 Å². The Morgan fingerprint density at radius 3 is 2.40 bits per heavy atom. The Kier molecular flexibility index (Phi) is 6.85.